The van der Waals surface area contributed by atoms with Gasteiger partial charge in [0.1, 0.15) is 0 Å². The number of allylic oxidation sites excluding steroid dienone is 4. The monoisotopic (exact) mass is 226 g/mol. The van der Waals surface area contributed by atoms with E-state index in [-0.39, 0.29) is 5.41 Å². The lowest BCUT2D eigenvalue weighted by Gasteiger charge is -2.32. The standard InChI is InChI=1S/C17H22/c1-12-10-13(2)14(3)16(11-12)17(4,5)15-8-6-7-9-15/h6-11,15H,1-5H3. The zero-order valence-electron chi connectivity index (χ0n) is 11.5. The molecule has 0 atom stereocenters. The van der Waals surface area contributed by atoms with Gasteiger partial charge in [0.15, 0.2) is 0 Å². The summed E-state index contributed by atoms with van der Waals surface area (Å²) < 4.78 is 0. The molecule has 1 aliphatic rings. The van der Waals surface area contributed by atoms with Crippen LogP contribution >= 0.6 is 0 Å². The Labute approximate surface area is 105 Å². The smallest absolute Gasteiger partial charge is 0.00446 e. The van der Waals surface area contributed by atoms with Crippen LogP contribution in [0.15, 0.2) is 36.4 Å². The maximum absolute atomic E-state index is 2.35. The fraction of sp³-hybridized carbons (Fsp3) is 0.412. The van der Waals surface area contributed by atoms with Crippen LogP contribution in [0, 0.1) is 26.7 Å². The van der Waals surface area contributed by atoms with E-state index in [1.165, 1.54) is 22.3 Å². The second-order valence-electron chi connectivity index (χ2n) is 5.77. The Bertz CT molecular complexity index is 475. The highest BCUT2D eigenvalue weighted by molar-refractivity contribution is 5.43. The molecule has 0 nitrogen and oxygen atoms in total. The molecule has 1 aromatic rings. The van der Waals surface area contributed by atoms with Gasteiger partial charge in [-0.05, 0) is 42.9 Å². The molecule has 90 valence electrons. The Morgan fingerprint density at radius 2 is 1.53 bits per heavy atom. The summed E-state index contributed by atoms with van der Waals surface area (Å²) in [6.07, 6.45) is 8.92. The fourth-order valence-electron chi connectivity index (χ4n) is 2.80. The molecule has 0 aromatic heterocycles. The Hall–Kier alpha value is -1.30. The number of aryl methyl sites for hydroxylation is 2. The highest BCUT2D eigenvalue weighted by Gasteiger charge is 2.30. The Kier molecular flexibility index (Phi) is 2.99. The van der Waals surface area contributed by atoms with Crippen molar-refractivity contribution in [3.05, 3.63) is 58.7 Å². The second kappa shape index (κ2) is 4.18. The first-order chi connectivity index (χ1) is 7.93. The van der Waals surface area contributed by atoms with Crippen LogP contribution in [0.25, 0.3) is 0 Å². The quantitative estimate of drug-likeness (QED) is 0.689. The molecule has 0 spiro atoms. The highest BCUT2D eigenvalue weighted by Crippen LogP contribution is 2.38. The van der Waals surface area contributed by atoms with Crippen LogP contribution in [0.3, 0.4) is 0 Å². The number of benzene rings is 1. The molecule has 0 fully saturated rings. The van der Waals surface area contributed by atoms with Crippen LogP contribution < -0.4 is 0 Å². The largest absolute Gasteiger partial charge is 0.0768 e. The average Bonchev–Trinajstić information content (AvgIpc) is 2.76. The molecule has 1 aliphatic carbocycles. The van der Waals surface area contributed by atoms with Crippen molar-refractivity contribution in [2.75, 3.05) is 0 Å². The Morgan fingerprint density at radius 1 is 0.941 bits per heavy atom. The van der Waals surface area contributed by atoms with E-state index in [4.69, 9.17) is 0 Å². The normalized spacial score (nSPS) is 15.8. The van der Waals surface area contributed by atoms with Gasteiger partial charge in [-0.15, -0.1) is 0 Å². The van der Waals surface area contributed by atoms with E-state index in [1.807, 2.05) is 0 Å². The van der Waals surface area contributed by atoms with Crippen molar-refractivity contribution in [1.29, 1.82) is 0 Å². The minimum Gasteiger partial charge on any atom is -0.0768 e. The number of hydrogen-bond donors (Lipinski definition) is 0. The van der Waals surface area contributed by atoms with Crippen molar-refractivity contribution in [2.45, 2.75) is 40.0 Å². The molecule has 0 amide bonds. The summed E-state index contributed by atoms with van der Waals surface area (Å²) in [5.74, 6) is 0.516. The first kappa shape index (κ1) is 12.2. The lowest BCUT2D eigenvalue weighted by Crippen LogP contribution is -2.26. The molecule has 0 saturated heterocycles. The lowest BCUT2D eigenvalue weighted by molar-refractivity contribution is 0.445. The molecule has 0 bridgehead atoms. The van der Waals surface area contributed by atoms with Crippen molar-refractivity contribution < 1.29 is 0 Å². The van der Waals surface area contributed by atoms with Gasteiger partial charge in [-0.1, -0.05) is 55.8 Å². The summed E-state index contributed by atoms with van der Waals surface area (Å²) in [6, 6.07) is 4.62. The van der Waals surface area contributed by atoms with Crippen LogP contribution in [0.1, 0.15) is 36.1 Å². The summed E-state index contributed by atoms with van der Waals surface area (Å²) in [5.41, 5.74) is 5.86. The molecular weight excluding hydrogens is 204 g/mol. The Balaban J connectivity index is 2.52. The van der Waals surface area contributed by atoms with Crippen molar-refractivity contribution in [2.24, 2.45) is 5.92 Å². The SMILES string of the molecule is Cc1cc(C)c(C)c(C(C)(C)C2C=CC=C2)c1. The van der Waals surface area contributed by atoms with Gasteiger partial charge in [0.2, 0.25) is 0 Å². The average molecular weight is 226 g/mol. The molecule has 0 unspecified atom stereocenters. The zero-order chi connectivity index (χ0) is 12.6. The molecule has 0 radical (unpaired) electrons. The van der Waals surface area contributed by atoms with Crippen LogP contribution in [0.2, 0.25) is 0 Å². The van der Waals surface area contributed by atoms with Gasteiger partial charge in [0.25, 0.3) is 0 Å². The molecule has 2 rings (SSSR count). The van der Waals surface area contributed by atoms with Gasteiger partial charge in [0, 0.05) is 5.92 Å². The minimum atomic E-state index is 0.171. The van der Waals surface area contributed by atoms with E-state index in [2.05, 4.69) is 71.1 Å². The van der Waals surface area contributed by atoms with Crippen molar-refractivity contribution in [3.63, 3.8) is 0 Å². The van der Waals surface area contributed by atoms with Gasteiger partial charge in [0.05, 0.1) is 0 Å². The van der Waals surface area contributed by atoms with Gasteiger partial charge in [-0.3, -0.25) is 0 Å². The predicted octanol–water partition coefficient (Wildman–Crippen LogP) is 4.63. The Morgan fingerprint density at radius 3 is 2.12 bits per heavy atom. The maximum Gasteiger partial charge on any atom is 0.00446 e. The highest BCUT2D eigenvalue weighted by atomic mass is 14.3. The van der Waals surface area contributed by atoms with E-state index in [0.29, 0.717) is 5.92 Å². The van der Waals surface area contributed by atoms with Crippen LogP contribution in [-0.4, -0.2) is 0 Å². The topological polar surface area (TPSA) is 0 Å². The first-order valence-corrected chi connectivity index (χ1v) is 6.36. The molecular formula is C17H22. The van der Waals surface area contributed by atoms with E-state index >= 15 is 0 Å². The third-order valence-electron chi connectivity index (χ3n) is 4.09. The summed E-state index contributed by atoms with van der Waals surface area (Å²) in [4.78, 5) is 0. The van der Waals surface area contributed by atoms with Crippen LogP contribution in [0.5, 0.6) is 0 Å². The van der Waals surface area contributed by atoms with Gasteiger partial charge >= 0.3 is 0 Å². The molecule has 0 N–H and O–H groups in total. The molecule has 0 heterocycles. The van der Waals surface area contributed by atoms with E-state index in [0.717, 1.165) is 0 Å². The van der Waals surface area contributed by atoms with E-state index in [1.54, 1.807) is 0 Å². The molecule has 0 heteroatoms. The summed E-state index contributed by atoms with van der Waals surface area (Å²) in [5, 5.41) is 0. The number of rotatable bonds is 2. The van der Waals surface area contributed by atoms with Gasteiger partial charge < -0.3 is 0 Å². The van der Waals surface area contributed by atoms with Gasteiger partial charge in [-0.25, -0.2) is 0 Å². The summed E-state index contributed by atoms with van der Waals surface area (Å²) >= 11 is 0. The summed E-state index contributed by atoms with van der Waals surface area (Å²) in [6.45, 7) is 11.3. The third kappa shape index (κ3) is 2.09. The van der Waals surface area contributed by atoms with Crippen LogP contribution in [0.4, 0.5) is 0 Å². The molecule has 1 aromatic carbocycles. The minimum absolute atomic E-state index is 0.171. The molecule has 0 aliphatic heterocycles. The summed E-state index contributed by atoms with van der Waals surface area (Å²) in [7, 11) is 0. The van der Waals surface area contributed by atoms with Crippen molar-refractivity contribution >= 4 is 0 Å². The maximum atomic E-state index is 2.35. The van der Waals surface area contributed by atoms with E-state index in [9.17, 15) is 0 Å². The predicted molar refractivity (Wildman–Crippen MR) is 75.4 cm³/mol. The third-order valence-corrected chi connectivity index (χ3v) is 4.09. The van der Waals surface area contributed by atoms with E-state index < -0.39 is 0 Å². The lowest BCUT2D eigenvalue weighted by atomic mass is 9.71. The molecule has 0 saturated carbocycles. The van der Waals surface area contributed by atoms with Crippen molar-refractivity contribution in [3.8, 4) is 0 Å². The second-order valence-corrected chi connectivity index (χ2v) is 5.77. The molecule has 17 heavy (non-hydrogen) atoms. The van der Waals surface area contributed by atoms with Crippen molar-refractivity contribution in [1.82, 2.24) is 0 Å². The van der Waals surface area contributed by atoms with Gasteiger partial charge in [-0.2, -0.15) is 0 Å². The number of hydrogen-bond acceptors (Lipinski definition) is 0. The van der Waals surface area contributed by atoms with Crippen LogP contribution in [-0.2, 0) is 5.41 Å². The fourth-order valence-corrected chi connectivity index (χ4v) is 2.80. The zero-order valence-corrected chi connectivity index (χ0v) is 11.5. The first-order valence-electron chi connectivity index (χ1n) is 6.36.